The summed E-state index contributed by atoms with van der Waals surface area (Å²) in [4.78, 5) is 1.39. The van der Waals surface area contributed by atoms with Gasteiger partial charge < -0.3 is 10.1 Å². The molecule has 1 aromatic carbocycles. The molecule has 0 radical (unpaired) electrons. The van der Waals surface area contributed by atoms with Crippen molar-refractivity contribution in [2.24, 2.45) is 0 Å². The molecule has 1 aliphatic carbocycles. The van der Waals surface area contributed by atoms with Gasteiger partial charge in [-0.1, -0.05) is 19.3 Å². The maximum atomic E-state index is 5.27. The number of nitrogens with one attached hydrogen (secondary N) is 1. The fraction of sp³-hybridized carbons (Fsp3) is 0.571. The van der Waals surface area contributed by atoms with Gasteiger partial charge in [-0.3, -0.25) is 0 Å². The predicted octanol–water partition coefficient (Wildman–Crippen LogP) is 3.92. The molecular weight excluding hydrogens is 230 g/mol. The Balaban J connectivity index is 1.85. The minimum Gasteiger partial charge on any atom is -0.497 e. The standard InChI is InChI=1S/C14H19NOS/c1-16-11-5-6-13-12(9-11)15-10-14(17-13)7-3-2-4-8-14/h5-6,9,15H,2-4,7-8,10H2,1H3. The van der Waals surface area contributed by atoms with Crippen LogP contribution in [0.25, 0.3) is 0 Å². The lowest BCUT2D eigenvalue weighted by molar-refractivity contribution is 0.406. The zero-order chi connectivity index (χ0) is 11.7. The summed E-state index contributed by atoms with van der Waals surface area (Å²) in [7, 11) is 1.72. The van der Waals surface area contributed by atoms with Crippen LogP contribution in [0.4, 0.5) is 5.69 Å². The Kier molecular flexibility index (Phi) is 2.95. The molecule has 1 spiro atoms. The summed E-state index contributed by atoms with van der Waals surface area (Å²) in [6.45, 7) is 1.11. The van der Waals surface area contributed by atoms with Crippen molar-refractivity contribution in [3.05, 3.63) is 18.2 Å². The van der Waals surface area contributed by atoms with Crippen molar-refractivity contribution in [3.8, 4) is 5.75 Å². The van der Waals surface area contributed by atoms with Gasteiger partial charge in [-0.05, 0) is 25.0 Å². The summed E-state index contributed by atoms with van der Waals surface area (Å²) in [6, 6.07) is 6.37. The molecule has 1 fully saturated rings. The molecule has 2 nitrogen and oxygen atoms in total. The van der Waals surface area contributed by atoms with Crippen molar-refractivity contribution >= 4 is 17.4 Å². The van der Waals surface area contributed by atoms with E-state index in [-0.39, 0.29) is 0 Å². The largest absolute Gasteiger partial charge is 0.497 e. The van der Waals surface area contributed by atoms with E-state index in [4.69, 9.17) is 4.74 Å². The number of hydrogen-bond donors (Lipinski definition) is 1. The van der Waals surface area contributed by atoms with E-state index in [0.29, 0.717) is 4.75 Å². The summed E-state index contributed by atoms with van der Waals surface area (Å²) < 4.78 is 5.73. The molecule has 0 amide bonds. The molecule has 2 aliphatic rings. The molecule has 1 saturated carbocycles. The molecule has 3 heteroatoms. The molecule has 1 aliphatic heterocycles. The maximum Gasteiger partial charge on any atom is 0.121 e. The van der Waals surface area contributed by atoms with Crippen LogP contribution < -0.4 is 10.1 Å². The van der Waals surface area contributed by atoms with Gasteiger partial charge in [0.15, 0.2) is 0 Å². The molecule has 0 saturated heterocycles. The number of fused-ring (bicyclic) bond motifs is 1. The van der Waals surface area contributed by atoms with Crippen LogP contribution in [0.1, 0.15) is 32.1 Å². The average molecular weight is 249 g/mol. The second-order valence-corrected chi connectivity index (χ2v) is 6.57. The topological polar surface area (TPSA) is 21.3 Å². The van der Waals surface area contributed by atoms with Crippen molar-refractivity contribution in [3.63, 3.8) is 0 Å². The zero-order valence-corrected chi connectivity index (χ0v) is 11.1. The highest BCUT2D eigenvalue weighted by molar-refractivity contribution is 8.01. The highest BCUT2D eigenvalue weighted by atomic mass is 32.2. The van der Waals surface area contributed by atoms with Crippen LogP contribution in [-0.4, -0.2) is 18.4 Å². The van der Waals surface area contributed by atoms with E-state index in [9.17, 15) is 0 Å². The van der Waals surface area contributed by atoms with E-state index in [1.807, 2.05) is 0 Å². The van der Waals surface area contributed by atoms with E-state index >= 15 is 0 Å². The lowest BCUT2D eigenvalue weighted by Crippen LogP contribution is -2.38. The van der Waals surface area contributed by atoms with E-state index < -0.39 is 0 Å². The van der Waals surface area contributed by atoms with Crippen molar-refractivity contribution in [1.82, 2.24) is 0 Å². The van der Waals surface area contributed by atoms with Gasteiger partial charge in [0.25, 0.3) is 0 Å². The number of benzene rings is 1. The highest BCUT2D eigenvalue weighted by Gasteiger charge is 2.36. The molecular formula is C14H19NOS. The van der Waals surface area contributed by atoms with Crippen LogP contribution in [0.2, 0.25) is 0 Å². The third-order valence-electron chi connectivity index (χ3n) is 3.88. The number of ether oxygens (including phenoxy) is 1. The first-order valence-corrected chi connectivity index (χ1v) is 7.24. The van der Waals surface area contributed by atoms with E-state index in [1.54, 1.807) is 7.11 Å². The fourth-order valence-electron chi connectivity index (χ4n) is 2.86. The van der Waals surface area contributed by atoms with Gasteiger partial charge in [0, 0.05) is 22.3 Å². The highest BCUT2D eigenvalue weighted by Crippen LogP contribution is 2.49. The van der Waals surface area contributed by atoms with Gasteiger partial charge in [0.05, 0.1) is 12.8 Å². The molecule has 17 heavy (non-hydrogen) atoms. The van der Waals surface area contributed by atoms with Crippen LogP contribution in [0.5, 0.6) is 5.75 Å². The Hall–Kier alpha value is -0.830. The van der Waals surface area contributed by atoms with E-state index in [1.165, 1.54) is 42.7 Å². The SMILES string of the molecule is COc1ccc2c(c1)NCC1(CCCCC1)S2. The molecule has 0 bridgehead atoms. The second kappa shape index (κ2) is 4.45. The van der Waals surface area contributed by atoms with Crippen molar-refractivity contribution in [2.75, 3.05) is 19.0 Å². The summed E-state index contributed by atoms with van der Waals surface area (Å²) in [5, 5.41) is 3.60. The first-order chi connectivity index (χ1) is 8.31. The Labute approximate surface area is 107 Å². The summed E-state index contributed by atoms with van der Waals surface area (Å²) >= 11 is 2.08. The van der Waals surface area contributed by atoms with Crippen LogP contribution in [0, 0.1) is 0 Å². The van der Waals surface area contributed by atoms with Crippen molar-refractivity contribution in [2.45, 2.75) is 41.7 Å². The van der Waals surface area contributed by atoms with E-state index in [2.05, 4.69) is 35.3 Å². The molecule has 1 N–H and O–H groups in total. The number of rotatable bonds is 1. The maximum absolute atomic E-state index is 5.27. The monoisotopic (exact) mass is 249 g/mol. The molecule has 0 aromatic heterocycles. The lowest BCUT2D eigenvalue weighted by Gasteiger charge is -2.41. The fourth-order valence-corrected chi connectivity index (χ4v) is 4.34. The Bertz CT molecular complexity index is 413. The molecule has 0 unspecified atom stereocenters. The second-order valence-electron chi connectivity index (χ2n) is 5.06. The molecule has 0 atom stereocenters. The molecule has 1 aromatic rings. The van der Waals surface area contributed by atoms with Crippen molar-refractivity contribution in [1.29, 1.82) is 0 Å². The predicted molar refractivity (Wildman–Crippen MR) is 73.2 cm³/mol. The minimum absolute atomic E-state index is 0.458. The zero-order valence-electron chi connectivity index (χ0n) is 10.3. The van der Waals surface area contributed by atoms with Crippen molar-refractivity contribution < 1.29 is 4.74 Å². The minimum atomic E-state index is 0.458. The van der Waals surface area contributed by atoms with Gasteiger partial charge in [-0.25, -0.2) is 0 Å². The Morgan fingerprint density at radius 1 is 1.24 bits per heavy atom. The number of thioether (sulfide) groups is 1. The van der Waals surface area contributed by atoms with Crippen LogP contribution in [-0.2, 0) is 0 Å². The smallest absolute Gasteiger partial charge is 0.121 e. The van der Waals surface area contributed by atoms with Gasteiger partial charge in [-0.2, -0.15) is 0 Å². The van der Waals surface area contributed by atoms with Gasteiger partial charge in [0.2, 0.25) is 0 Å². The van der Waals surface area contributed by atoms with Gasteiger partial charge in [0.1, 0.15) is 5.75 Å². The normalized spacial score (nSPS) is 21.7. The van der Waals surface area contributed by atoms with Crippen LogP contribution in [0.3, 0.4) is 0 Å². The quantitative estimate of drug-likeness (QED) is 0.815. The third-order valence-corrected chi connectivity index (χ3v) is 5.44. The number of methoxy groups -OCH3 is 1. The first kappa shape index (κ1) is 11.3. The van der Waals surface area contributed by atoms with E-state index in [0.717, 1.165) is 12.3 Å². The molecule has 1 heterocycles. The first-order valence-electron chi connectivity index (χ1n) is 6.42. The third kappa shape index (κ3) is 2.13. The Morgan fingerprint density at radius 3 is 2.82 bits per heavy atom. The van der Waals surface area contributed by atoms with Crippen LogP contribution in [0.15, 0.2) is 23.1 Å². The molecule has 3 rings (SSSR count). The summed E-state index contributed by atoms with van der Waals surface area (Å²) in [5.74, 6) is 0.941. The summed E-state index contributed by atoms with van der Waals surface area (Å²) in [5.41, 5.74) is 1.24. The average Bonchev–Trinajstić information content (AvgIpc) is 2.39. The van der Waals surface area contributed by atoms with Crippen LogP contribution >= 0.6 is 11.8 Å². The van der Waals surface area contributed by atoms with Gasteiger partial charge >= 0.3 is 0 Å². The molecule has 92 valence electrons. The number of anilines is 1. The summed E-state index contributed by atoms with van der Waals surface area (Å²) in [6.07, 6.45) is 6.91. The lowest BCUT2D eigenvalue weighted by atomic mass is 9.88. The Morgan fingerprint density at radius 2 is 2.06 bits per heavy atom. The van der Waals surface area contributed by atoms with Gasteiger partial charge in [-0.15, -0.1) is 11.8 Å². The number of hydrogen-bond acceptors (Lipinski definition) is 3.